The standard InChI is InChI=1S/C20H24N6OS/c1-13-8-14(2)24-20(23-13)25-16-4-5-18(22-9-16)19-12-26(6-7-27-19)11-17-10-21-15(3)28-17/h4-5,8-10,19H,6-7,11-12H2,1-3H3,(H,23,24,25). The molecule has 0 aromatic carbocycles. The van der Waals surface area contributed by atoms with Gasteiger partial charge in [-0.3, -0.25) is 9.88 Å². The average molecular weight is 397 g/mol. The third-order valence-electron chi connectivity index (χ3n) is 4.55. The summed E-state index contributed by atoms with van der Waals surface area (Å²) in [6, 6.07) is 5.96. The molecule has 0 spiro atoms. The lowest BCUT2D eigenvalue weighted by atomic mass is 10.2. The van der Waals surface area contributed by atoms with Gasteiger partial charge in [0.15, 0.2) is 0 Å². The molecule has 7 nitrogen and oxygen atoms in total. The average Bonchev–Trinajstić information content (AvgIpc) is 3.06. The Morgan fingerprint density at radius 2 is 1.96 bits per heavy atom. The number of nitrogens with zero attached hydrogens (tertiary/aromatic N) is 5. The predicted molar refractivity (Wildman–Crippen MR) is 110 cm³/mol. The fourth-order valence-electron chi connectivity index (χ4n) is 3.30. The molecule has 3 aromatic rings. The number of nitrogens with one attached hydrogen (secondary N) is 1. The molecule has 4 heterocycles. The van der Waals surface area contributed by atoms with Crippen LogP contribution in [-0.2, 0) is 11.3 Å². The van der Waals surface area contributed by atoms with Crippen LogP contribution in [0.5, 0.6) is 0 Å². The van der Waals surface area contributed by atoms with E-state index in [0.29, 0.717) is 12.6 Å². The van der Waals surface area contributed by atoms with Crippen LogP contribution in [0.15, 0.2) is 30.6 Å². The van der Waals surface area contributed by atoms with E-state index in [0.717, 1.165) is 47.4 Å². The smallest absolute Gasteiger partial charge is 0.227 e. The number of anilines is 2. The molecule has 1 saturated heterocycles. The number of aromatic nitrogens is 4. The molecule has 1 fully saturated rings. The van der Waals surface area contributed by atoms with E-state index in [1.165, 1.54) is 4.88 Å². The summed E-state index contributed by atoms with van der Waals surface area (Å²) in [5.41, 5.74) is 3.68. The Hall–Kier alpha value is -2.42. The van der Waals surface area contributed by atoms with Crippen molar-refractivity contribution >= 4 is 23.0 Å². The van der Waals surface area contributed by atoms with Crippen LogP contribution >= 0.6 is 11.3 Å². The molecular weight excluding hydrogens is 372 g/mol. The summed E-state index contributed by atoms with van der Waals surface area (Å²) in [4.78, 5) is 21.5. The second-order valence-electron chi connectivity index (χ2n) is 7.01. The fourth-order valence-corrected chi connectivity index (χ4v) is 4.14. The van der Waals surface area contributed by atoms with Crippen molar-refractivity contribution in [3.8, 4) is 0 Å². The Morgan fingerprint density at radius 1 is 1.14 bits per heavy atom. The number of rotatable bonds is 5. The summed E-state index contributed by atoms with van der Waals surface area (Å²) in [7, 11) is 0. The zero-order valence-corrected chi connectivity index (χ0v) is 17.2. The molecule has 0 aliphatic carbocycles. The molecule has 28 heavy (non-hydrogen) atoms. The van der Waals surface area contributed by atoms with Gasteiger partial charge in [-0.05, 0) is 39.0 Å². The number of morpholine rings is 1. The van der Waals surface area contributed by atoms with Gasteiger partial charge in [-0.15, -0.1) is 11.3 Å². The molecule has 1 atom stereocenters. The quantitative estimate of drug-likeness (QED) is 0.706. The molecule has 4 rings (SSSR count). The molecule has 1 N–H and O–H groups in total. The van der Waals surface area contributed by atoms with Gasteiger partial charge in [0.25, 0.3) is 0 Å². The van der Waals surface area contributed by atoms with Crippen LogP contribution in [0, 0.1) is 20.8 Å². The molecule has 1 aliphatic rings. The van der Waals surface area contributed by atoms with E-state index >= 15 is 0 Å². The molecule has 0 bridgehead atoms. The minimum Gasteiger partial charge on any atom is -0.369 e. The predicted octanol–water partition coefficient (Wildman–Crippen LogP) is 3.57. The fraction of sp³-hybridized carbons (Fsp3) is 0.400. The zero-order valence-electron chi connectivity index (χ0n) is 16.3. The molecule has 0 saturated carbocycles. The summed E-state index contributed by atoms with van der Waals surface area (Å²) >= 11 is 1.75. The van der Waals surface area contributed by atoms with Gasteiger partial charge in [-0.25, -0.2) is 15.0 Å². The van der Waals surface area contributed by atoms with E-state index < -0.39 is 0 Å². The van der Waals surface area contributed by atoms with Gasteiger partial charge >= 0.3 is 0 Å². The molecular formula is C20H24N6OS. The zero-order chi connectivity index (χ0) is 19.5. The first-order valence-corrected chi connectivity index (χ1v) is 10.2. The van der Waals surface area contributed by atoms with Crippen molar-refractivity contribution in [3.05, 3.63) is 57.6 Å². The van der Waals surface area contributed by atoms with Crippen LogP contribution in [0.25, 0.3) is 0 Å². The van der Waals surface area contributed by atoms with Crippen LogP contribution in [0.2, 0.25) is 0 Å². The molecule has 0 amide bonds. The number of hydrogen-bond acceptors (Lipinski definition) is 8. The van der Waals surface area contributed by atoms with Crippen LogP contribution in [0.1, 0.15) is 33.1 Å². The van der Waals surface area contributed by atoms with Crippen molar-refractivity contribution in [1.29, 1.82) is 0 Å². The minimum atomic E-state index is -0.0192. The van der Waals surface area contributed by atoms with Crippen LogP contribution in [-0.4, -0.2) is 44.5 Å². The number of pyridine rings is 1. The first kappa shape index (κ1) is 18.9. The SMILES string of the molecule is Cc1cc(C)nc(Nc2ccc(C3CN(Cc4cnc(C)s4)CCO3)nc2)n1. The van der Waals surface area contributed by atoms with Gasteiger partial charge in [0.1, 0.15) is 6.10 Å². The van der Waals surface area contributed by atoms with E-state index in [2.05, 4.69) is 30.2 Å². The molecule has 8 heteroatoms. The van der Waals surface area contributed by atoms with E-state index in [1.807, 2.05) is 51.4 Å². The van der Waals surface area contributed by atoms with E-state index in [1.54, 1.807) is 11.3 Å². The van der Waals surface area contributed by atoms with Gasteiger partial charge in [0.2, 0.25) is 5.95 Å². The van der Waals surface area contributed by atoms with Gasteiger partial charge in [0.05, 0.1) is 29.2 Å². The van der Waals surface area contributed by atoms with Gasteiger partial charge in [0, 0.05) is 42.1 Å². The Bertz CT molecular complexity index is 922. The van der Waals surface area contributed by atoms with E-state index in [9.17, 15) is 0 Å². The Labute approximate surface area is 168 Å². The Kier molecular flexibility index (Phi) is 5.61. The monoisotopic (exact) mass is 396 g/mol. The topological polar surface area (TPSA) is 76.1 Å². The van der Waals surface area contributed by atoms with Gasteiger partial charge in [-0.1, -0.05) is 0 Å². The van der Waals surface area contributed by atoms with Gasteiger partial charge in [-0.2, -0.15) is 0 Å². The van der Waals surface area contributed by atoms with Crippen molar-refractivity contribution in [1.82, 2.24) is 24.8 Å². The highest BCUT2D eigenvalue weighted by molar-refractivity contribution is 7.11. The Morgan fingerprint density at radius 3 is 2.64 bits per heavy atom. The normalized spacial score (nSPS) is 17.6. The summed E-state index contributed by atoms with van der Waals surface area (Å²) in [5, 5.41) is 4.33. The second kappa shape index (κ2) is 8.30. The van der Waals surface area contributed by atoms with Gasteiger partial charge < -0.3 is 10.1 Å². The lowest BCUT2D eigenvalue weighted by Gasteiger charge is -2.32. The maximum atomic E-state index is 5.97. The summed E-state index contributed by atoms with van der Waals surface area (Å²) in [6.45, 7) is 9.34. The lowest BCUT2D eigenvalue weighted by Crippen LogP contribution is -2.37. The Balaban J connectivity index is 1.40. The maximum Gasteiger partial charge on any atom is 0.227 e. The van der Waals surface area contributed by atoms with E-state index in [-0.39, 0.29) is 6.10 Å². The highest BCUT2D eigenvalue weighted by Crippen LogP contribution is 2.24. The third kappa shape index (κ3) is 4.70. The van der Waals surface area contributed by atoms with Crippen molar-refractivity contribution in [2.75, 3.05) is 25.0 Å². The summed E-state index contributed by atoms with van der Waals surface area (Å²) < 4.78 is 5.97. The first-order valence-electron chi connectivity index (χ1n) is 9.36. The third-order valence-corrected chi connectivity index (χ3v) is 5.45. The van der Waals surface area contributed by atoms with Crippen LogP contribution in [0.3, 0.4) is 0 Å². The van der Waals surface area contributed by atoms with Crippen molar-refractivity contribution in [2.45, 2.75) is 33.4 Å². The second-order valence-corrected chi connectivity index (χ2v) is 8.33. The summed E-state index contributed by atoms with van der Waals surface area (Å²) in [5.74, 6) is 0.590. The maximum absolute atomic E-state index is 5.97. The number of thiazole rings is 1. The first-order chi connectivity index (χ1) is 13.5. The molecule has 0 radical (unpaired) electrons. The largest absolute Gasteiger partial charge is 0.369 e. The number of ether oxygens (including phenoxy) is 1. The molecule has 3 aromatic heterocycles. The highest BCUT2D eigenvalue weighted by Gasteiger charge is 2.23. The highest BCUT2D eigenvalue weighted by atomic mass is 32.1. The van der Waals surface area contributed by atoms with Crippen LogP contribution in [0.4, 0.5) is 11.6 Å². The van der Waals surface area contributed by atoms with Crippen molar-refractivity contribution < 1.29 is 4.74 Å². The number of hydrogen-bond donors (Lipinski definition) is 1. The molecule has 1 unspecified atom stereocenters. The number of aryl methyl sites for hydroxylation is 3. The van der Waals surface area contributed by atoms with E-state index in [4.69, 9.17) is 4.74 Å². The summed E-state index contributed by atoms with van der Waals surface area (Å²) in [6.07, 6.45) is 3.76. The van der Waals surface area contributed by atoms with Crippen LogP contribution < -0.4 is 5.32 Å². The molecule has 146 valence electrons. The van der Waals surface area contributed by atoms with Crippen molar-refractivity contribution in [2.24, 2.45) is 0 Å². The van der Waals surface area contributed by atoms with Crippen molar-refractivity contribution in [3.63, 3.8) is 0 Å². The lowest BCUT2D eigenvalue weighted by molar-refractivity contribution is -0.0346. The molecule has 1 aliphatic heterocycles. The minimum absolute atomic E-state index is 0.0192.